The van der Waals surface area contributed by atoms with Gasteiger partial charge in [0, 0.05) is 30.4 Å². The van der Waals surface area contributed by atoms with Gasteiger partial charge in [0.1, 0.15) is 5.25 Å². The van der Waals surface area contributed by atoms with Gasteiger partial charge >= 0.3 is 12.0 Å². The average molecular weight is 364 g/mol. The van der Waals surface area contributed by atoms with Gasteiger partial charge in [0.2, 0.25) is 5.91 Å². The lowest BCUT2D eigenvalue weighted by atomic mass is 10.0. The predicted molar refractivity (Wildman–Crippen MR) is 92.0 cm³/mol. The Hall–Kier alpha value is -2.68. The van der Waals surface area contributed by atoms with Gasteiger partial charge in [0.05, 0.1) is 12.6 Å². The van der Waals surface area contributed by atoms with Crippen molar-refractivity contribution in [1.29, 1.82) is 0 Å². The zero-order valence-corrected chi connectivity index (χ0v) is 14.6. The van der Waals surface area contributed by atoms with E-state index in [1.54, 1.807) is 24.3 Å². The van der Waals surface area contributed by atoms with Gasteiger partial charge in [0.25, 0.3) is 0 Å². The molecule has 0 N–H and O–H groups in total. The van der Waals surface area contributed by atoms with Gasteiger partial charge < -0.3 is 4.74 Å². The molecule has 8 nitrogen and oxygen atoms in total. The molecule has 2 rings (SSSR count). The number of hydrogen-bond acceptors (Lipinski definition) is 7. The maximum absolute atomic E-state index is 12.0. The standard InChI is InChI=1S/C16H16N2O6S/c1-9(19)17-8-12(11-6-4-5-7-13(11)17)15(25-10(2)20)14(18(22)23)16(21)24-3/h4-8,14-15H,1-3H3. The second-order valence-electron chi connectivity index (χ2n) is 5.27. The van der Waals surface area contributed by atoms with Gasteiger partial charge in [-0.2, -0.15) is 0 Å². The fraction of sp³-hybridized carbons (Fsp3) is 0.312. The Morgan fingerprint density at radius 1 is 1.24 bits per heavy atom. The van der Waals surface area contributed by atoms with E-state index in [9.17, 15) is 24.5 Å². The molecular weight excluding hydrogens is 348 g/mol. The van der Waals surface area contributed by atoms with E-state index in [2.05, 4.69) is 4.74 Å². The van der Waals surface area contributed by atoms with Crippen LogP contribution in [0.25, 0.3) is 10.9 Å². The van der Waals surface area contributed by atoms with E-state index in [1.165, 1.54) is 24.6 Å². The van der Waals surface area contributed by atoms with E-state index in [1.807, 2.05) is 0 Å². The number of nitro groups is 1. The molecule has 0 fully saturated rings. The summed E-state index contributed by atoms with van der Waals surface area (Å²) in [5.41, 5.74) is 0.907. The van der Waals surface area contributed by atoms with Gasteiger partial charge in [-0.3, -0.25) is 24.3 Å². The normalized spacial score (nSPS) is 13.2. The monoisotopic (exact) mass is 364 g/mol. The molecular formula is C16H16N2O6S. The van der Waals surface area contributed by atoms with Crippen LogP contribution in [0.3, 0.4) is 0 Å². The number of aromatic nitrogens is 1. The third kappa shape index (κ3) is 3.71. The van der Waals surface area contributed by atoms with E-state index in [0.29, 0.717) is 28.2 Å². The molecule has 0 bridgehead atoms. The summed E-state index contributed by atoms with van der Waals surface area (Å²) in [6.07, 6.45) is 1.44. The lowest BCUT2D eigenvalue weighted by molar-refractivity contribution is -0.510. The second-order valence-corrected chi connectivity index (χ2v) is 6.59. The van der Waals surface area contributed by atoms with Crippen LogP contribution in [0, 0.1) is 10.1 Å². The molecule has 2 atom stereocenters. The zero-order chi connectivity index (χ0) is 18.7. The number of esters is 1. The lowest BCUT2D eigenvalue weighted by Gasteiger charge is -2.17. The van der Waals surface area contributed by atoms with Crippen molar-refractivity contribution in [2.45, 2.75) is 25.1 Å². The van der Waals surface area contributed by atoms with Gasteiger partial charge in [0.15, 0.2) is 5.12 Å². The Morgan fingerprint density at radius 3 is 2.40 bits per heavy atom. The molecule has 25 heavy (non-hydrogen) atoms. The highest BCUT2D eigenvalue weighted by Gasteiger charge is 2.43. The highest BCUT2D eigenvalue weighted by Crippen LogP contribution is 2.39. The summed E-state index contributed by atoms with van der Waals surface area (Å²) < 4.78 is 5.88. The highest BCUT2D eigenvalue weighted by molar-refractivity contribution is 8.13. The van der Waals surface area contributed by atoms with Crippen LogP contribution in [-0.4, -0.2) is 39.6 Å². The number of hydrogen-bond donors (Lipinski definition) is 0. The first-order valence-electron chi connectivity index (χ1n) is 7.27. The summed E-state index contributed by atoms with van der Waals surface area (Å²) in [6.45, 7) is 2.62. The van der Waals surface area contributed by atoms with Crippen molar-refractivity contribution in [3.05, 3.63) is 46.1 Å². The van der Waals surface area contributed by atoms with Crippen LogP contribution in [0.1, 0.15) is 29.5 Å². The third-order valence-corrected chi connectivity index (χ3v) is 4.74. The quantitative estimate of drug-likeness (QED) is 0.455. The van der Waals surface area contributed by atoms with Crippen LogP contribution in [0.15, 0.2) is 30.5 Å². The van der Waals surface area contributed by atoms with E-state index in [-0.39, 0.29) is 11.0 Å². The SMILES string of the molecule is COC(=O)C(C(SC(C)=O)c1cn(C(C)=O)c2ccccc12)[N+](=O)[O-]. The molecule has 0 aliphatic rings. The van der Waals surface area contributed by atoms with E-state index in [0.717, 1.165) is 7.11 Å². The van der Waals surface area contributed by atoms with Crippen molar-refractivity contribution < 1.29 is 24.0 Å². The Balaban J connectivity index is 2.72. The van der Waals surface area contributed by atoms with Crippen molar-refractivity contribution >= 4 is 39.7 Å². The molecule has 9 heteroatoms. The summed E-state index contributed by atoms with van der Waals surface area (Å²) in [7, 11) is 1.05. The fourth-order valence-electron chi connectivity index (χ4n) is 2.61. The summed E-state index contributed by atoms with van der Waals surface area (Å²) in [6, 6.07) is 5.04. The average Bonchev–Trinajstić information content (AvgIpc) is 2.93. The summed E-state index contributed by atoms with van der Waals surface area (Å²) in [4.78, 5) is 46.2. The summed E-state index contributed by atoms with van der Waals surface area (Å²) in [5.74, 6) is -1.34. The molecule has 0 radical (unpaired) electrons. The number of carbonyl (C=O) groups excluding carboxylic acids is 3. The number of rotatable bonds is 5. The van der Waals surface area contributed by atoms with Crippen molar-refractivity contribution in [3.63, 3.8) is 0 Å². The number of carbonyl (C=O) groups is 3. The minimum atomic E-state index is -1.77. The summed E-state index contributed by atoms with van der Waals surface area (Å²) in [5, 5.41) is 10.5. The van der Waals surface area contributed by atoms with Crippen LogP contribution in [0.2, 0.25) is 0 Å². The third-order valence-electron chi connectivity index (χ3n) is 3.64. The van der Waals surface area contributed by atoms with E-state index < -0.39 is 22.2 Å². The number of benzene rings is 1. The Morgan fingerprint density at radius 2 is 1.88 bits per heavy atom. The number of para-hydroxylation sites is 1. The number of nitrogens with zero attached hydrogens (tertiary/aromatic N) is 2. The van der Waals surface area contributed by atoms with E-state index in [4.69, 9.17) is 0 Å². The first-order chi connectivity index (χ1) is 11.8. The molecule has 0 amide bonds. The Kier molecular flexibility index (Phi) is 5.58. The van der Waals surface area contributed by atoms with Crippen LogP contribution in [-0.2, 0) is 14.3 Å². The van der Waals surface area contributed by atoms with Crippen molar-refractivity contribution in [2.75, 3.05) is 7.11 Å². The van der Waals surface area contributed by atoms with Crippen LogP contribution in [0.4, 0.5) is 0 Å². The van der Waals surface area contributed by atoms with Gasteiger partial charge in [-0.05, 0) is 11.6 Å². The molecule has 0 saturated carbocycles. The number of methoxy groups -OCH3 is 1. The Labute approximate surface area is 147 Å². The van der Waals surface area contributed by atoms with Gasteiger partial charge in [-0.15, -0.1) is 0 Å². The zero-order valence-electron chi connectivity index (χ0n) is 13.8. The van der Waals surface area contributed by atoms with Gasteiger partial charge in [-0.1, -0.05) is 30.0 Å². The maximum atomic E-state index is 12.0. The fourth-order valence-corrected chi connectivity index (χ4v) is 3.62. The molecule has 0 aliphatic heterocycles. The molecule has 2 unspecified atom stereocenters. The number of fused-ring (bicyclic) bond motifs is 1. The minimum Gasteiger partial charge on any atom is -0.464 e. The lowest BCUT2D eigenvalue weighted by Crippen LogP contribution is -2.35. The highest BCUT2D eigenvalue weighted by atomic mass is 32.2. The van der Waals surface area contributed by atoms with Crippen LogP contribution < -0.4 is 0 Å². The largest absolute Gasteiger partial charge is 0.464 e. The van der Waals surface area contributed by atoms with Crippen molar-refractivity contribution in [2.24, 2.45) is 0 Å². The molecule has 1 aromatic heterocycles. The topological polar surface area (TPSA) is 109 Å². The van der Waals surface area contributed by atoms with Crippen molar-refractivity contribution in [3.8, 4) is 0 Å². The van der Waals surface area contributed by atoms with E-state index >= 15 is 0 Å². The van der Waals surface area contributed by atoms with Crippen molar-refractivity contribution in [1.82, 2.24) is 4.57 Å². The molecule has 1 aromatic carbocycles. The molecule has 0 aliphatic carbocycles. The van der Waals surface area contributed by atoms with Crippen LogP contribution >= 0.6 is 11.8 Å². The van der Waals surface area contributed by atoms with Crippen LogP contribution in [0.5, 0.6) is 0 Å². The molecule has 0 saturated heterocycles. The first kappa shape index (κ1) is 18.7. The minimum absolute atomic E-state index is 0.287. The first-order valence-corrected chi connectivity index (χ1v) is 8.15. The maximum Gasteiger partial charge on any atom is 0.383 e. The number of ether oxygens (including phenoxy) is 1. The summed E-state index contributed by atoms with van der Waals surface area (Å²) >= 11 is 0.667. The predicted octanol–water partition coefficient (Wildman–Crippen LogP) is 2.44. The Bertz CT molecular complexity index is 859. The smallest absolute Gasteiger partial charge is 0.383 e. The van der Waals surface area contributed by atoms with Gasteiger partial charge in [-0.25, -0.2) is 4.79 Å². The molecule has 0 spiro atoms. The number of thioether (sulfide) groups is 1. The molecule has 2 aromatic rings. The second kappa shape index (κ2) is 7.47. The molecule has 1 heterocycles. The molecule has 132 valence electrons.